The Morgan fingerprint density at radius 2 is 1.23 bits per heavy atom. The van der Waals surface area contributed by atoms with Gasteiger partial charge in [0.05, 0.1) is 0 Å². The third kappa shape index (κ3) is 12.5. The lowest BCUT2D eigenvalue weighted by Gasteiger charge is -2.12. The second-order valence-electron chi connectivity index (χ2n) is 15.2. The lowest BCUT2D eigenvalue weighted by atomic mass is 9.95. The van der Waals surface area contributed by atoms with Crippen molar-refractivity contribution in [2.45, 2.75) is 83.5 Å². The molecule has 1 unspecified atom stereocenters. The van der Waals surface area contributed by atoms with Gasteiger partial charge in [-0.15, -0.1) is 11.8 Å². The first-order valence-electron chi connectivity index (χ1n) is 20.3. The average molecular weight is 757 g/mol. The Hall–Kier alpha value is -5.05. The van der Waals surface area contributed by atoms with E-state index < -0.39 is 0 Å². The van der Waals surface area contributed by atoms with Crippen LogP contribution in [0.2, 0.25) is 0 Å². The molecule has 5 aromatic carbocycles. The number of thioether (sulfide) groups is 1. The molecule has 1 atom stereocenters. The Labute approximate surface area is 342 Å². The summed E-state index contributed by atoms with van der Waals surface area (Å²) in [6, 6.07) is 36.6. The van der Waals surface area contributed by atoms with E-state index in [1.54, 1.807) is 0 Å². The second kappa shape index (κ2) is 21.3. The van der Waals surface area contributed by atoms with Crippen LogP contribution in [-0.4, -0.2) is 5.75 Å². The van der Waals surface area contributed by atoms with Crippen LogP contribution in [0.1, 0.15) is 111 Å². The zero-order valence-corrected chi connectivity index (χ0v) is 34.9. The highest BCUT2D eigenvalue weighted by atomic mass is 32.2. The lowest BCUT2D eigenvalue weighted by molar-refractivity contribution is 0.517. The van der Waals surface area contributed by atoms with Gasteiger partial charge < -0.3 is 4.74 Å². The average Bonchev–Trinajstić information content (AvgIpc) is 3.22. The molecule has 5 rings (SSSR count). The van der Waals surface area contributed by atoms with Crippen molar-refractivity contribution in [3.63, 3.8) is 0 Å². The summed E-state index contributed by atoms with van der Waals surface area (Å²) in [5, 5.41) is 2.33. The number of rotatable bonds is 22. The number of hydrogen-bond donors (Lipinski definition) is 0. The van der Waals surface area contributed by atoms with Gasteiger partial charge in [-0.25, -0.2) is 0 Å². The van der Waals surface area contributed by atoms with Crippen molar-refractivity contribution in [2.24, 2.45) is 5.92 Å². The summed E-state index contributed by atoms with van der Waals surface area (Å²) >= 11 is 1.91. The highest BCUT2D eigenvalue weighted by molar-refractivity contribution is 7.99. The Kier molecular flexibility index (Phi) is 16.0. The first-order valence-corrected chi connectivity index (χ1v) is 21.3. The van der Waals surface area contributed by atoms with Gasteiger partial charge in [0.1, 0.15) is 11.5 Å². The van der Waals surface area contributed by atoms with Crippen molar-refractivity contribution in [1.29, 1.82) is 0 Å². The molecule has 0 N–H and O–H groups in total. The summed E-state index contributed by atoms with van der Waals surface area (Å²) in [5.74, 6) is 3.31. The van der Waals surface area contributed by atoms with Crippen LogP contribution < -0.4 is 4.74 Å². The highest BCUT2D eigenvalue weighted by Gasteiger charge is 2.08. The van der Waals surface area contributed by atoms with Crippen molar-refractivity contribution in [3.8, 4) is 5.75 Å². The third-order valence-electron chi connectivity index (χ3n) is 10.7. The normalized spacial score (nSPS) is 11.8. The van der Waals surface area contributed by atoms with Crippen LogP contribution in [0.4, 0.5) is 0 Å². The number of fused-ring (bicyclic) bond motifs is 1. The molecular weight excluding hydrogens is 697 g/mol. The zero-order valence-electron chi connectivity index (χ0n) is 34.0. The summed E-state index contributed by atoms with van der Waals surface area (Å²) < 4.78 is 6.19. The minimum atomic E-state index is 0.657. The predicted octanol–water partition coefficient (Wildman–Crippen LogP) is 16.6. The van der Waals surface area contributed by atoms with Gasteiger partial charge in [0.2, 0.25) is 0 Å². The van der Waals surface area contributed by atoms with Crippen LogP contribution in [-0.2, 0) is 0 Å². The van der Waals surface area contributed by atoms with Crippen molar-refractivity contribution in [3.05, 3.63) is 181 Å². The third-order valence-corrected chi connectivity index (χ3v) is 12.0. The Morgan fingerprint density at radius 1 is 0.643 bits per heavy atom. The van der Waals surface area contributed by atoms with E-state index in [0.29, 0.717) is 5.76 Å². The van der Waals surface area contributed by atoms with E-state index in [2.05, 4.69) is 163 Å². The number of aryl methyl sites for hydroxylation is 1. The number of ether oxygens (including phenoxy) is 1. The van der Waals surface area contributed by atoms with E-state index >= 15 is 0 Å². The summed E-state index contributed by atoms with van der Waals surface area (Å²) in [6.45, 7) is 28.1. The molecule has 0 aliphatic rings. The molecule has 1 nitrogen and oxygen atoms in total. The van der Waals surface area contributed by atoms with Gasteiger partial charge in [-0.2, -0.15) is 0 Å². The Balaban J connectivity index is 1.03. The van der Waals surface area contributed by atoms with E-state index in [1.165, 1.54) is 74.1 Å². The molecule has 0 saturated carbocycles. The van der Waals surface area contributed by atoms with E-state index in [4.69, 9.17) is 4.74 Å². The first kappa shape index (κ1) is 42.1. The fraction of sp³-hybridized carbons (Fsp3) is 0.259. The van der Waals surface area contributed by atoms with Crippen molar-refractivity contribution >= 4 is 57.2 Å². The molecule has 56 heavy (non-hydrogen) atoms. The molecule has 0 radical (unpaired) electrons. The summed E-state index contributed by atoms with van der Waals surface area (Å²) in [6.07, 6.45) is 16.1. The largest absolute Gasteiger partial charge is 0.457 e. The van der Waals surface area contributed by atoms with E-state index in [9.17, 15) is 0 Å². The molecule has 0 aliphatic heterocycles. The first-order chi connectivity index (χ1) is 27.1. The quantitative estimate of drug-likeness (QED) is 0.0395. The SMILES string of the molecule is C=Cc1ccc(C(=C)CCCCCCC(=C)c2ccc3cc(OC(=C)c4ccc(SCC(C)CC)cc4)ccc3c2)cc1/C=C\CCC(=C)c1ccc(C)cc1. The van der Waals surface area contributed by atoms with Crippen LogP contribution in [0, 0.1) is 12.8 Å². The predicted molar refractivity (Wildman–Crippen MR) is 251 cm³/mol. The molecule has 5 aromatic rings. The molecule has 0 aliphatic carbocycles. The maximum atomic E-state index is 6.19. The topological polar surface area (TPSA) is 9.23 Å². The smallest absolute Gasteiger partial charge is 0.128 e. The van der Waals surface area contributed by atoms with Crippen LogP contribution in [0.25, 0.3) is 45.4 Å². The molecule has 0 heterocycles. The van der Waals surface area contributed by atoms with E-state index in [-0.39, 0.29) is 0 Å². The molecule has 0 aromatic heterocycles. The van der Waals surface area contributed by atoms with Crippen molar-refractivity contribution in [2.75, 3.05) is 5.75 Å². The molecule has 0 saturated heterocycles. The van der Waals surface area contributed by atoms with Crippen molar-refractivity contribution < 1.29 is 4.74 Å². The van der Waals surface area contributed by atoms with E-state index in [1.807, 2.05) is 23.9 Å². The summed E-state index contributed by atoms with van der Waals surface area (Å²) in [5.41, 5.74) is 11.8. The monoisotopic (exact) mass is 756 g/mol. The van der Waals surface area contributed by atoms with Crippen LogP contribution in [0.15, 0.2) is 147 Å². The molecular formula is C54H60OS. The Morgan fingerprint density at radius 3 is 1.91 bits per heavy atom. The van der Waals surface area contributed by atoms with Gasteiger partial charge in [0.25, 0.3) is 0 Å². The van der Waals surface area contributed by atoms with Gasteiger partial charge >= 0.3 is 0 Å². The van der Waals surface area contributed by atoms with Gasteiger partial charge in [-0.3, -0.25) is 0 Å². The minimum absolute atomic E-state index is 0.657. The van der Waals surface area contributed by atoms with Crippen LogP contribution >= 0.6 is 11.8 Å². The molecule has 0 spiro atoms. The summed E-state index contributed by atoms with van der Waals surface area (Å²) in [4.78, 5) is 1.28. The number of allylic oxidation sites excluding steroid dienone is 4. The van der Waals surface area contributed by atoms with Crippen LogP contribution in [0.3, 0.4) is 0 Å². The molecule has 0 fully saturated rings. The second-order valence-corrected chi connectivity index (χ2v) is 16.3. The van der Waals surface area contributed by atoms with Gasteiger partial charge in [0.15, 0.2) is 0 Å². The highest BCUT2D eigenvalue weighted by Crippen LogP contribution is 2.30. The lowest BCUT2D eigenvalue weighted by Crippen LogP contribution is -1.96. The number of benzene rings is 5. The molecule has 0 bridgehead atoms. The van der Waals surface area contributed by atoms with Gasteiger partial charge in [-0.1, -0.05) is 157 Å². The standard InChI is InChI=1S/C54H60OS/c1-9-39(3)38-56-54-33-30-47(31-34-54)44(8)55-53-32-29-51-36-49(27-28-52(51)37-53)43(7)18-14-12-11-13-17-42(6)48-26-25-45(10-2)50(35-48)20-16-15-19-41(5)46-23-21-40(4)22-24-46/h10,16,20-37,39H,2,5-9,11-15,17-19,38H2,1,3-4H3/b20-16-. The number of unbranched alkanes of at least 4 members (excludes halogenated alkanes) is 3. The fourth-order valence-electron chi connectivity index (χ4n) is 6.65. The van der Waals surface area contributed by atoms with Crippen molar-refractivity contribution in [1.82, 2.24) is 0 Å². The fourth-order valence-corrected chi connectivity index (χ4v) is 7.69. The maximum Gasteiger partial charge on any atom is 0.128 e. The summed E-state index contributed by atoms with van der Waals surface area (Å²) in [7, 11) is 0. The van der Waals surface area contributed by atoms with Crippen LogP contribution in [0.5, 0.6) is 5.75 Å². The maximum absolute atomic E-state index is 6.19. The minimum Gasteiger partial charge on any atom is -0.457 e. The molecule has 2 heteroatoms. The Bertz CT molecular complexity index is 2160. The number of hydrogen-bond acceptors (Lipinski definition) is 2. The molecule has 0 amide bonds. The van der Waals surface area contributed by atoms with Gasteiger partial charge in [-0.05, 0) is 143 Å². The van der Waals surface area contributed by atoms with E-state index in [0.717, 1.165) is 72.5 Å². The zero-order chi connectivity index (χ0) is 39.9. The van der Waals surface area contributed by atoms with Gasteiger partial charge in [0, 0.05) is 16.2 Å². The molecule has 288 valence electrons.